The van der Waals surface area contributed by atoms with Crippen LogP contribution < -0.4 is 9.64 Å². The van der Waals surface area contributed by atoms with Crippen LogP contribution in [-0.2, 0) is 51.0 Å². The van der Waals surface area contributed by atoms with Crippen molar-refractivity contribution in [3.63, 3.8) is 0 Å². The molecule has 230 valence electrons. The molecule has 0 bridgehead atoms. The van der Waals surface area contributed by atoms with Crippen LogP contribution in [0.1, 0.15) is 40.9 Å². The Balaban J connectivity index is 1.40. The zero-order valence-corrected chi connectivity index (χ0v) is 24.2. The summed E-state index contributed by atoms with van der Waals surface area (Å²) < 4.78 is 73.8. The molecule has 1 atom stereocenters. The van der Waals surface area contributed by atoms with Gasteiger partial charge in [0.15, 0.2) is 17.3 Å². The molecule has 1 aromatic heterocycles. The standard InChI is InChI=1S/C31H33F4N3O5/c1-19-12-20(15-22(32)13-19)14-21(29(40)37(2)23-4-6-25(41-3)7-5-23)16-24(39)18-38-27-8-9-30(42-10-11-43-30)17-26(27)28(36-38)31(33,34)35/h4-7,12-13,15,21H,8-11,14,16-18H2,1-3H3/t21-/m1/s1. The van der Waals surface area contributed by atoms with Crippen molar-refractivity contribution in [1.82, 2.24) is 9.78 Å². The van der Waals surface area contributed by atoms with Crippen molar-refractivity contribution in [2.45, 2.75) is 57.5 Å². The Hall–Kier alpha value is -3.77. The number of carbonyl (C=O) groups excluding carboxylic acids is 2. The predicted molar refractivity (Wildman–Crippen MR) is 148 cm³/mol. The molecule has 5 rings (SSSR count). The first-order valence-corrected chi connectivity index (χ1v) is 14.0. The Morgan fingerprint density at radius 2 is 1.84 bits per heavy atom. The lowest BCUT2D eigenvalue weighted by Gasteiger charge is -2.32. The van der Waals surface area contributed by atoms with Crippen LogP contribution in [-0.4, -0.2) is 54.6 Å². The van der Waals surface area contributed by atoms with Crippen LogP contribution in [0.3, 0.4) is 0 Å². The molecule has 43 heavy (non-hydrogen) atoms. The number of hydrogen-bond acceptors (Lipinski definition) is 6. The topological polar surface area (TPSA) is 82.9 Å². The molecule has 3 aromatic rings. The zero-order valence-electron chi connectivity index (χ0n) is 24.2. The maximum Gasteiger partial charge on any atom is 0.435 e. The van der Waals surface area contributed by atoms with Crippen molar-refractivity contribution < 1.29 is 41.4 Å². The summed E-state index contributed by atoms with van der Waals surface area (Å²) in [6, 6.07) is 11.2. The van der Waals surface area contributed by atoms with E-state index in [1.165, 1.54) is 24.1 Å². The summed E-state index contributed by atoms with van der Waals surface area (Å²) in [5.74, 6) is -2.75. The Bertz CT molecular complexity index is 1480. The summed E-state index contributed by atoms with van der Waals surface area (Å²) >= 11 is 0. The van der Waals surface area contributed by atoms with Crippen LogP contribution in [0, 0.1) is 18.7 Å². The van der Waals surface area contributed by atoms with Crippen molar-refractivity contribution in [2.24, 2.45) is 5.92 Å². The third kappa shape index (κ3) is 6.75. The summed E-state index contributed by atoms with van der Waals surface area (Å²) in [7, 11) is 3.09. The number of rotatable bonds is 9. The summed E-state index contributed by atoms with van der Waals surface area (Å²) in [5.41, 5.74) is 0.965. The van der Waals surface area contributed by atoms with Crippen molar-refractivity contribution in [3.8, 4) is 5.75 Å². The van der Waals surface area contributed by atoms with Gasteiger partial charge in [-0.25, -0.2) is 4.39 Å². The van der Waals surface area contributed by atoms with Gasteiger partial charge in [-0.1, -0.05) is 6.07 Å². The zero-order chi connectivity index (χ0) is 30.9. The second kappa shape index (κ2) is 12.1. The van der Waals surface area contributed by atoms with E-state index in [0.717, 1.165) is 4.68 Å². The number of anilines is 1. The normalized spacial score (nSPS) is 16.6. The number of halogens is 4. The van der Waals surface area contributed by atoms with Crippen molar-refractivity contribution in [2.75, 3.05) is 32.3 Å². The van der Waals surface area contributed by atoms with Crippen molar-refractivity contribution in [1.29, 1.82) is 0 Å². The second-order valence-corrected chi connectivity index (χ2v) is 11.1. The van der Waals surface area contributed by atoms with Crippen molar-refractivity contribution >= 4 is 17.4 Å². The van der Waals surface area contributed by atoms with Crippen LogP contribution >= 0.6 is 0 Å². The Morgan fingerprint density at radius 3 is 2.47 bits per heavy atom. The van der Waals surface area contributed by atoms with Gasteiger partial charge in [-0.05, 0) is 67.3 Å². The highest BCUT2D eigenvalue weighted by Gasteiger charge is 2.47. The van der Waals surface area contributed by atoms with E-state index in [-0.39, 0.29) is 31.2 Å². The molecule has 1 amide bonds. The number of hydrogen-bond donors (Lipinski definition) is 0. The fraction of sp³-hybridized carbons (Fsp3) is 0.452. The third-order valence-electron chi connectivity index (χ3n) is 7.96. The van der Waals surface area contributed by atoms with E-state index < -0.39 is 47.6 Å². The predicted octanol–water partition coefficient (Wildman–Crippen LogP) is 5.07. The minimum Gasteiger partial charge on any atom is -0.497 e. The number of methoxy groups -OCH3 is 1. The number of ketones is 1. The van der Waals surface area contributed by atoms with E-state index in [9.17, 15) is 27.2 Å². The SMILES string of the molecule is COc1ccc(N(C)C(=O)[C@@H](CC(=O)Cn2nc(C(F)(F)F)c3c2CCC2(C3)OCCO2)Cc2cc(C)cc(F)c2)cc1. The van der Waals surface area contributed by atoms with E-state index in [2.05, 4.69) is 5.10 Å². The average Bonchev–Trinajstić information content (AvgIpc) is 3.55. The molecule has 1 aliphatic carbocycles. The highest BCUT2D eigenvalue weighted by atomic mass is 19.4. The summed E-state index contributed by atoms with van der Waals surface area (Å²) in [5, 5.41) is 3.82. The molecule has 1 spiro atoms. The number of aromatic nitrogens is 2. The number of nitrogens with zero attached hydrogens (tertiary/aromatic N) is 3. The van der Waals surface area contributed by atoms with E-state index in [1.807, 2.05) is 0 Å². The molecule has 0 radical (unpaired) electrons. The molecular formula is C31H33F4N3O5. The van der Waals surface area contributed by atoms with E-state index in [4.69, 9.17) is 14.2 Å². The summed E-state index contributed by atoms with van der Waals surface area (Å²) in [6.45, 7) is 1.89. The lowest BCUT2D eigenvalue weighted by molar-refractivity contribution is -0.167. The van der Waals surface area contributed by atoms with Gasteiger partial charge in [0.05, 0.1) is 26.9 Å². The lowest BCUT2D eigenvalue weighted by atomic mass is 9.89. The number of alkyl halides is 3. The maximum absolute atomic E-state index is 14.2. The van der Waals surface area contributed by atoms with Crippen LogP contribution in [0.4, 0.5) is 23.2 Å². The molecule has 0 unspecified atom stereocenters. The number of carbonyl (C=O) groups is 2. The van der Waals surface area contributed by atoms with Crippen LogP contribution in [0.25, 0.3) is 0 Å². The van der Waals surface area contributed by atoms with Gasteiger partial charge in [0, 0.05) is 49.2 Å². The van der Waals surface area contributed by atoms with E-state index in [0.29, 0.717) is 47.9 Å². The van der Waals surface area contributed by atoms with Gasteiger partial charge in [0.25, 0.3) is 0 Å². The second-order valence-electron chi connectivity index (χ2n) is 11.1. The quantitative estimate of drug-likeness (QED) is 0.318. The van der Waals surface area contributed by atoms with Gasteiger partial charge in [-0.15, -0.1) is 0 Å². The number of benzene rings is 2. The van der Waals surface area contributed by atoms with Crippen molar-refractivity contribution in [3.05, 3.63) is 76.4 Å². The van der Waals surface area contributed by atoms with Gasteiger partial charge in [0.2, 0.25) is 5.91 Å². The fourth-order valence-corrected chi connectivity index (χ4v) is 5.94. The number of ether oxygens (including phenoxy) is 3. The van der Waals surface area contributed by atoms with Gasteiger partial charge in [-0.2, -0.15) is 18.3 Å². The third-order valence-corrected chi connectivity index (χ3v) is 7.96. The molecule has 2 heterocycles. The molecule has 0 N–H and O–H groups in total. The van der Waals surface area contributed by atoms with Gasteiger partial charge >= 0.3 is 6.18 Å². The first-order chi connectivity index (χ1) is 20.4. The molecule has 1 aliphatic heterocycles. The minimum atomic E-state index is -4.73. The fourth-order valence-electron chi connectivity index (χ4n) is 5.94. The summed E-state index contributed by atoms with van der Waals surface area (Å²) in [4.78, 5) is 28.6. The molecule has 8 nitrogen and oxygen atoms in total. The van der Waals surface area contributed by atoms with Gasteiger partial charge < -0.3 is 19.1 Å². The first-order valence-electron chi connectivity index (χ1n) is 14.0. The molecule has 2 aromatic carbocycles. The molecule has 12 heteroatoms. The molecule has 1 saturated heterocycles. The minimum absolute atomic E-state index is 0.0319. The molecule has 0 saturated carbocycles. The van der Waals surface area contributed by atoms with E-state index in [1.54, 1.807) is 44.3 Å². The first kappa shape index (κ1) is 30.7. The number of fused-ring (bicyclic) bond motifs is 1. The largest absolute Gasteiger partial charge is 0.497 e. The highest BCUT2D eigenvalue weighted by Crippen LogP contribution is 2.41. The van der Waals surface area contributed by atoms with Gasteiger partial charge in [-0.3, -0.25) is 14.3 Å². The molecule has 1 fully saturated rings. The Kier molecular flexibility index (Phi) is 8.62. The maximum atomic E-state index is 14.2. The van der Waals surface area contributed by atoms with Crippen LogP contribution in [0.2, 0.25) is 0 Å². The van der Waals surface area contributed by atoms with Crippen LogP contribution in [0.5, 0.6) is 5.75 Å². The Morgan fingerprint density at radius 1 is 1.14 bits per heavy atom. The number of aryl methyl sites for hydroxylation is 1. The number of Topliss-reactive ketones (excluding diaryl/α,β-unsaturated/α-hetero) is 1. The Labute approximate surface area is 246 Å². The van der Waals surface area contributed by atoms with Crippen LogP contribution in [0.15, 0.2) is 42.5 Å². The highest BCUT2D eigenvalue weighted by molar-refractivity contribution is 5.97. The molecular weight excluding hydrogens is 570 g/mol. The lowest BCUT2D eigenvalue weighted by Crippen LogP contribution is -2.38. The molecule has 2 aliphatic rings. The monoisotopic (exact) mass is 603 g/mol. The summed E-state index contributed by atoms with van der Waals surface area (Å²) in [6.07, 6.45) is -4.53. The van der Waals surface area contributed by atoms with E-state index >= 15 is 0 Å². The van der Waals surface area contributed by atoms with Gasteiger partial charge in [0.1, 0.15) is 11.6 Å². The smallest absolute Gasteiger partial charge is 0.435 e. The average molecular weight is 604 g/mol. The number of amides is 1.